The molecule has 2 unspecified atom stereocenters. The highest BCUT2D eigenvalue weighted by molar-refractivity contribution is 5.99. The van der Waals surface area contributed by atoms with E-state index in [1.165, 1.54) is 0 Å². The molecule has 2 aromatic carbocycles. The number of anilines is 1. The number of unbranched alkanes of at least 4 members (excludes halogenated alkanes) is 2. The van der Waals surface area contributed by atoms with Crippen LogP contribution in [0.5, 0.6) is 5.75 Å². The minimum Gasteiger partial charge on any atom is -0.497 e. The van der Waals surface area contributed by atoms with E-state index < -0.39 is 23.8 Å². The Labute approximate surface area is 246 Å². The second-order valence-electron chi connectivity index (χ2n) is 11.8. The Balaban J connectivity index is 2.53. The number of carbonyl (C=O) groups excluding carboxylic acids is 3. The molecule has 0 fully saturated rings. The van der Waals surface area contributed by atoms with E-state index in [4.69, 9.17) is 9.47 Å². The first-order valence-corrected chi connectivity index (χ1v) is 14.7. The van der Waals surface area contributed by atoms with Gasteiger partial charge >= 0.3 is 6.09 Å². The van der Waals surface area contributed by atoms with Gasteiger partial charge in [-0.2, -0.15) is 0 Å². The smallest absolute Gasteiger partial charge is 0.408 e. The molecule has 8 nitrogen and oxygen atoms in total. The highest BCUT2D eigenvalue weighted by Crippen LogP contribution is 2.27. The number of benzene rings is 2. The summed E-state index contributed by atoms with van der Waals surface area (Å²) in [6.07, 6.45) is 3.20. The Kier molecular flexibility index (Phi) is 13.2. The summed E-state index contributed by atoms with van der Waals surface area (Å²) in [5, 5.41) is 5.80. The molecule has 2 rings (SSSR count). The molecule has 0 spiro atoms. The first-order valence-electron chi connectivity index (χ1n) is 14.7. The summed E-state index contributed by atoms with van der Waals surface area (Å²) >= 11 is 0. The van der Waals surface area contributed by atoms with Crippen molar-refractivity contribution in [1.82, 2.24) is 10.2 Å². The first-order chi connectivity index (χ1) is 19.4. The lowest BCUT2D eigenvalue weighted by atomic mass is 9.97. The molecule has 0 radical (unpaired) electrons. The van der Waals surface area contributed by atoms with Crippen LogP contribution < -0.4 is 15.4 Å². The zero-order valence-electron chi connectivity index (χ0n) is 26.1. The lowest BCUT2D eigenvalue weighted by molar-refractivity contribution is -0.141. The number of amides is 3. The largest absolute Gasteiger partial charge is 0.497 e. The van der Waals surface area contributed by atoms with Gasteiger partial charge in [-0.25, -0.2) is 4.79 Å². The second-order valence-corrected chi connectivity index (χ2v) is 11.8. The van der Waals surface area contributed by atoms with Crippen LogP contribution in [0.2, 0.25) is 0 Å². The molecule has 226 valence electrons. The summed E-state index contributed by atoms with van der Waals surface area (Å²) in [6, 6.07) is 13.1. The maximum Gasteiger partial charge on any atom is 0.408 e. The van der Waals surface area contributed by atoms with Gasteiger partial charge in [0.1, 0.15) is 23.4 Å². The van der Waals surface area contributed by atoms with E-state index in [9.17, 15) is 14.4 Å². The average molecular weight is 568 g/mol. The van der Waals surface area contributed by atoms with Crippen LogP contribution in [0.1, 0.15) is 91.3 Å². The monoisotopic (exact) mass is 567 g/mol. The number of methoxy groups -OCH3 is 1. The van der Waals surface area contributed by atoms with Gasteiger partial charge in [0.2, 0.25) is 5.91 Å². The van der Waals surface area contributed by atoms with Crippen LogP contribution in [0.3, 0.4) is 0 Å². The van der Waals surface area contributed by atoms with E-state index in [0.717, 1.165) is 31.2 Å². The predicted octanol–water partition coefficient (Wildman–Crippen LogP) is 6.90. The van der Waals surface area contributed by atoms with Crippen LogP contribution in [0, 0.1) is 5.92 Å². The molecule has 2 N–H and O–H groups in total. The molecule has 3 amide bonds. The molecular weight excluding hydrogens is 518 g/mol. The van der Waals surface area contributed by atoms with Crippen LogP contribution in [0.15, 0.2) is 48.5 Å². The van der Waals surface area contributed by atoms with Gasteiger partial charge in [0.05, 0.1) is 7.11 Å². The normalized spacial score (nSPS) is 12.8. The van der Waals surface area contributed by atoms with Crippen LogP contribution in [-0.2, 0) is 20.7 Å². The van der Waals surface area contributed by atoms with E-state index in [0.29, 0.717) is 30.0 Å². The summed E-state index contributed by atoms with van der Waals surface area (Å²) < 4.78 is 10.7. The highest BCUT2D eigenvalue weighted by Gasteiger charge is 2.36. The number of carbonyl (C=O) groups is 3. The number of rotatable bonds is 14. The molecule has 0 aliphatic carbocycles. The fraction of sp³-hybridized carbons (Fsp3) is 0.545. The number of nitrogens with one attached hydrogen (secondary N) is 2. The van der Waals surface area contributed by atoms with Crippen LogP contribution >= 0.6 is 0 Å². The molecule has 0 saturated carbocycles. The maximum atomic E-state index is 14.3. The lowest BCUT2D eigenvalue weighted by Crippen LogP contribution is -2.53. The summed E-state index contributed by atoms with van der Waals surface area (Å²) in [5.41, 5.74) is 1.73. The molecule has 0 aliphatic rings. The molecule has 0 saturated heterocycles. The van der Waals surface area contributed by atoms with Crippen molar-refractivity contribution in [2.24, 2.45) is 5.92 Å². The number of nitrogens with zero attached hydrogens (tertiary/aromatic N) is 1. The minimum absolute atomic E-state index is 0.117. The Hall–Kier alpha value is -3.55. The van der Waals surface area contributed by atoms with Crippen LogP contribution in [0.25, 0.3) is 0 Å². The van der Waals surface area contributed by atoms with Gasteiger partial charge in [-0.1, -0.05) is 64.8 Å². The molecule has 2 atom stereocenters. The van der Waals surface area contributed by atoms with Crippen molar-refractivity contribution in [1.29, 1.82) is 0 Å². The number of aryl methyl sites for hydroxylation is 1. The Bertz CT molecular complexity index is 1110. The van der Waals surface area contributed by atoms with E-state index in [-0.39, 0.29) is 17.7 Å². The zero-order chi connectivity index (χ0) is 30.6. The molecular formula is C33H49N3O5. The van der Waals surface area contributed by atoms with Crippen molar-refractivity contribution < 1.29 is 23.9 Å². The van der Waals surface area contributed by atoms with Gasteiger partial charge in [0.25, 0.3) is 5.91 Å². The fourth-order valence-corrected chi connectivity index (χ4v) is 4.54. The third-order valence-corrected chi connectivity index (χ3v) is 6.60. The molecule has 2 aromatic rings. The van der Waals surface area contributed by atoms with Gasteiger partial charge in [-0.3, -0.25) is 9.59 Å². The number of hydrogen-bond acceptors (Lipinski definition) is 5. The highest BCUT2D eigenvalue weighted by atomic mass is 16.6. The Morgan fingerprint density at radius 2 is 1.56 bits per heavy atom. The molecule has 0 aromatic heterocycles. The minimum atomic E-state index is -0.900. The van der Waals surface area contributed by atoms with Crippen molar-refractivity contribution in [3.05, 3.63) is 59.7 Å². The van der Waals surface area contributed by atoms with Crippen molar-refractivity contribution in [3.8, 4) is 5.75 Å². The van der Waals surface area contributed by atoms with Crippen molar-refractivity contribution in [2.75, 3.05) is 19.0 Å². The van der Waals surface area contributed by atoms with E-state index in [1.807, 2.05) is 38.1 Å². The Morgan fingerprint density at radius 3 is 2.07 bits per heavy atom. The van der Waals surface area contributed by atoms with Crippen molar-refractivity contribution >= 4 is 23.6 Å². The van der Waals surface area contributed by atoms with E-state index in [2.05, 4.69) is 24.5 Å². The lowest BCUT2D eigenvalue weighted by Gasteiger charge is -2.35. The van der Waals surface area contributed by atoms with Gasteiger partial charge in [0.15, 0.2) is 0 Å². The third kappa shape index (κ3) is 11.1. The quantitative estimate of drug-likeness (QED) is 0.242. The maximum absolute atomic E-state index is 14.3. The topological polar surface area (TPSA) is 97.0 Å². The van der Waals surface area contributed by atoms with Gasteiger partial charge in [-0.15, -0.1) is 0 Å². The van der Waals surface area contributed by atoms with Crippen LogP contribution in [-0.4, -0.2) is 48.1 Å². The van der Waals surface area contributed by atoms with Gasteiger partial charge in [0, 0.05) is 12.2 Å². The standard InChI is InChI=1S/C33H49N3O5/c1-9-11-12-21-36(31(38)28(22-23(3)4)35-32(39)41-33(5,6)7)29(25-15-13-24(10-2)14-16-25)30(37)34-26-17-19-27(40-8)20-18-26/h13-20,23,28-29H,9-12,21-22H2,1-8H3,(H,34,37)(H,35,39). The number of ether oxygens (including phenoxy) is 2. The van der Waals surface area contributed by atoms with Gasteiger partial charge in [-0.05, 0) is 81.3 Å². The summed E-state index contributed by atoms with van der Waals surface area (Å²) in [5.74, 6) is 0.155. The first kappa shape index (κ1) is 33.7. The number of hydrogen-bond donors (Lipinski definition) is 2. The SMILES string of the molecule is CCCCCN(C(=O)C(CC(C)C)NC(=O)OC(C)(C)C)C(C(=O)Nc1ccc(OC)cc1)c1ccc(CC)cc1. The summed E-state index contributed by atoms with van der Waals surface area (Å²) in [4.78, 5) is 42.7. The van der Waals surface area contributed by atoms with E-state index >= 15 is 0 Å². The number of alkyl carbamates (subject to hydrolysis) is 1. The van der Waals surface area contributed by atoms with Gasteiger partial charge < -0.3 is 25.0 Å². The van der Waals surface area contributed by atoms with Crippen LogP contribution in [0.4, 0.5) is 10.5 Å². The Morgan fingerprint density at radius 1 is 0.927 bits per heavy atom. The van der Waals surface area contributed by atoms with E-state index in [1.54, 1.807) is 57.0 Å². The summed E-state index contributed by atoms with van der Waals surface area (Å²) in [6.45, 7) is 13.9. The molecule has 0 bridgehead atoms. The van der Waals surface area contributed by atoms with Crippen molar-refractivity contribution in [2.45, 2.75) is 98.3 Å². The summed E-state index contributed by atoms with van der Waals surface area (Å²) in [7, 11) is 1.59. The fourth-order valence-electron chi connectivity index (χ4n) is 4.54. The molecule has 0 heterocycles. The zero-order valence-corrected chi connectivity index (χ0v) is 26.1. The average Bonchev–Trinajstić information content (AvgIpc) is 2.91. The third-order valence-electron chi connectivity index (χ3n) is 6.60. The molecule has 0 aliphatic heterocycles. The molecule has 8 heteroatoms. The predicted molar refractivity (Wildman–Crippen MR) is 164 cm³/mol. The molecule has 41 heavy (non-hydrogen) atoms. The van der Waals surface area contributed by atoms with Crippen molar-refractivity contribution in [3.63, 3.8) is 0 Å². The second kappa shape index (κ2) is 16.0.